The zero-order valence-electron chi connectivity index (χ0n) is 54.3. The number of fused-ring (bicyclic) bond motifs is 2. The molecule has 4 aliphatic heterocycles. The van der Waals surface area contributed by atoms with E-state index in [0.29, 0.717) is 127 Å². The predicted octanol–water partition coefficient (Wildman–Crippen LogP) is 5.67. The fourth-order valence-corrected chi connectivity index (χ4v) is 13.1. The van der Waals surface area contributed by atoms with Gasteiger partial charge in [0.2, 0.25) is 47.3 Å². The first kappa shape index (κ1) is 70.9. The van der Waals surface area contributed by atoms with E-state index in [0.717, 1.165) is 36.8 Å². The number of allylic oxidation sites excluding steroid dienone is 3. The minimum Gasteiger partial charge on any atom is -0.354 e. The van der Waals surface area contributed by atoms with E-state index in [2.05, 4.69) is 84.0 Å². The first-order valence-electron chi connectivity index (χ1n) is 33.4. The van der Waals surface area contributed by atoms with Crippen molar-refractivity contribution >= 4 is 47.3 Å². The highest BCUT2D eigenvalue weighted by atomic mass is 16.2. The highest BCUT2D eigenvalue weighted by Gasteiger charge is 2.50. The second-order valence-electron chi connectivity index (χ2n) is 25.0. The molecule has 4 saturated heterocycles. The fraction of sp³-hybridized carbons (Fsp3) is 0.549. The van der Waals surface area contributed by atoms with Gasteiger partial charge < -0.3 is 63.0 Å². The van der Waals surface area contributed by atoms with E-state index in [1.165, 1.54) is 0 Å². The molecule has 494 valence electrons. The lowest BCUT2D eigenvalue weighted by Crippen LogP contribution is -2.59. The predicted molar refractivity (Wildman–Crippen MR) is 355 cm³/mol. The van der Waals surface area contributed by atoms with Crippen molar-refractivity contribution in [3.8, 4) is 0 Å². The van der Waals surface area contributed by atoms with Crippen LogP contribution in [0.3, 0.4) is 0 Å². The van der Waals surface area contributed by atoms with Gasteiger partial charge in [-0.15, -0.1) is 0 Å². The average Bonchev–Trinajstić information content (AvgIpc) is 1.69. The first-order valence-corrected chi connectivity index (χ1v) is 33.4. The number of unbranched alkanes of at least 4 members (excludes halogenated alkanes) is 5. The van der Waals surface area contributed by atoms with Gasteiger partial charge in [0.25, 0.3) is 0 Å². The molecule has 0 bridgehead atoms. The Kier molecular flexibility index (Phi) is 28.9. The second kappa shape index (κ2) is 37.1. The summed E-state index contributed by atoms with van der Waals surface area (Å²) in [5, 5.41) is 31.1. The molecule has 0 saturated carbocycles. The monoisotopic (exact) mass is 1250 g/mol. The Morgan fingerprint density at radius 1 is 0.527 bits per heavy atom. The lowest BCUT2D eigenvalue weighted by Gasteiger charge is -2.33. The van der Waals surface area contributed by atoms with Crippen molar-refractivity contribution in [1.82, 2.24) is 63.0 Å². The molecule has 4 fully saturated rings. The number of hydrogen-bond donors (Lipinski definition) is 10. The SMILES string of the molecule is C=C(/C=C\C=C/C)[C@H](NC(=O)[C@@H]1CC[C@@H]2CC[C@H](CCNCc3ccccc3)[C@H](NC(=O)[C@H](C)NC)C(=O)N21)C(=O)NCCCCCCCCNC(=O)C(NC(=O)[C@@H]1CC[C@@H]2CC[C@H](CCNCc3ccccc3)[C@H](NC(=O)[C@H](C)NC)C(=O)N21)c1ccccc1. The minimum absolute atomic E-state index is 0.144. The Bertz CT molecular complexity index is 2910. The first-order chi connectivity index (χ1) is 44.1. The maximum atomic E-state index is 14.7. The molecule has 0 radical (unpaired) electrons. The van der Waals surface area contributed by atoms with E-state index in [1.807, 2.05) is 73.7 Å². The summed E-state index contributed by atoms with van der Waals surface area (Å²) in [6.07, 6.45) is 18.2. The Labute approximate surface area is 539 Å². The van der Waals surface area contributed by atoms with Crippen molar-refractivity contribution in [1.29, 1.82) is 0 Å². The van der Waals surface area contributed by atoms with E-state index in [-0.39, 0.29) is 53.5 Å². The molecule has 4 aliphatic rings. The van der Waals surface area contributed by atoms with Crippen LogP contribution in [0.1, 0.15) is 146 Å². The van der Waals surface area contributed by atoms with Crippen LogP contribution in [0.5, 0.6) is 0 Å². The fourth-order valence-electron chi connectivity index (χ4n) is 13.1. The van der Waals surface area contributed by atoms with Crippen LogP contribution >= 0.6 is 0 Å². The minimum atomic E-state index is -1.09. The number of benzene rings is 3. The largest absolute Gasteiger partial charge is 0.354 e. The summed E-state index contributed by atoms with van der Waals surface area (Å²) in [5.41, 5.74) is 3.32. The maximum absolute atomic E-state index is 14.7. The Hall–Kier alpha value is -7.52. The number of hydrogen-bond acceptors (Lipinski definition) is 12. The van der Waals surface area contributed by atoms with Crippen LogP contribution in [0.25, 0.3) is 0 Å². The zero-order chi connectivity index (χ0) is 65.1. The molecule has 3 aromatic rings. The van der Waals surface area contributed by atoms with Crippen molar-refractivity contribution in [3.05, 3.63) is 144 Å². The van der Waals surface area contributed by atoms with Gasteiger partial charge in [-0.2, -0.15) is 0 Å². The van der Waals surface area contributed by atoms with Crippen molar-refractivity contribution in [2.45, 2.75) is 197 Å². The lowest BCUT2D eigenvalue weighted by molar-refractivity contribution is -0.144. The lowest BCUT2D eigenvalue weighted by atomic mass is 9.90. The van der Waals surface area contributed by atoms with Crippen LogP contribution in [0.4, 0.5) is 0 Å². The van der Waals surface area contributed by atoms with Gasteiger partial charge in [0.15, 0.2) is 0 Å². The third-order valence-electron chi connectivity index (χ3n) is 18.7. The summed E-state index contributed by atoms with van der Waals surface area (Å²) in [5.74, 6) is -3.01. The number of carbonyl (C=O) groups excluding carboxylic acids is 8. The standard InChI is InChI=1S/C71H102N12O8/c1-7-8-16-25-48(2)60(78-66(86)58-38-36-56-34-32-54(40-44-74-46-51-26-17-13-18-27-51)62(70(90)82(56)58)80-64(84)49(3)72-5)68(88)76-42-23-11-9-10-12-24-43-77-69(89)61(53-30-21-15-22-31-53)79-67(87)59-39-37-57-35-33-55(41-45-75-47-52-28-19-14-20-29-52)63(71(91)83(57)59)81-65(85)50(4)73-6/h7-8,13-22,25-31,49-50,54-63,72-75H,2,9-12,23-24,32-47H2,1,3-6H3,(H,76,88)(H,77,89)(H,78,86)(H,79,87)(H,80,84)(H,81,85)/b8-7-,25-16-/t49-,50-,54+,55+,56-,57-,58-,59-,60-,61?,62-,63-/m0/s1. The summed E-state index contributed by atoms with van der Waals surface area (Å²) in [7, 11) is 3.40. The molecule has 20 heteroatoms. The molecule has 4 heterocycles. The molecule has 8 amide bonds. The van der Waals surface area contributed by atoms with Gasteiger partial charge in [-0.25, -0.2) is 0 Å². The molecule has 1 unspecified atom stereocenters. The van der Waals surface area contributed by atoms with Crippen molar-refractivity contribution in [3.63, 3.8) is 0 Å². The number of rotatable bonds is 35. The van der Waals surface area contributed by atoms with E-state index >= 15 is 0 Å². The quantitative estimate of drug-likeness (QED) is 0.0252. The number of nitrogens with one attached hydrogen (secondary N) is 10. The average molecular weight is 1250 g/mol. The molecule has 0 aliphatic carbocycles. The van der Waals surface area contributed by atoms with E-state index < -0.39 is 66.1 Å². The molecule has 7 rings (SSSR count). The van der Waals surface area contributed by atoms with Gasteiger partial charge in [-0.3, -0.25) is 38.4 Å². The van der Waals surface area contributed by atoms with Crippen LogP contribution in [-0.2, 0) is 51.4 Å². The number of likely N-dealkylation sites (N-methyl/N-ethyl adjacent to an activating group) is 2. The highest BCUT2D eigenvalue weighted by molar-refractivity contribution is 5.98. The van der Waals surface area contributed by atoms with E-state index in [9.17, 15) is 38.4 Å². The van der Waals surface area contributed by atoms with Gasteiger partial charge in [-0.1, -0.05) is 148 Å². The van der Waals surface area contributed by atoms with E-state index in [1.54, 1.807) is 62.0 Å². The van der Waals surface area contributed by atoms with Crippen LogP contribution in [-0.4, -0.2) is 152 Å². The topological polar surface area (TPSA) is 263 Å². The number of amides is 8. The van der Waals surface area contributed by atoms with Gasteiger partial charge in [-0.05, 0) is 159 Å². The third kappa shape index (κ3) is 20.7. The maximum Gasteiger partial charge on any atom is 0.247 e. The molecule has 91 heavy (non-hydrogen) atoms. The Balaban J connectivity index is 0.871. The molecule has 12 atom stereocenters. The summed E-state index contributed by atoms with van der Waals surface area (Å²) >= 11 is 0. The van der Waals surface area contributed by atoms with Gasteiger partial charge in [0.05, 0.1) is 12.1 Å². The zero-order valence-corrected chi connectivity index (χ0v) is 54.3. The van der Waals surface area contributed by atoms with Crippen LogP contribution in [0, 0.1) is 11.8 Å². The van der Waals surface area contributed by atoms with Crippen LogP contribution in [0.15, 0.2) is 127 Å². The summed E-state index contributed by atoms with van der Waals surface area (Å²) in [6.45, 7) is 13.0. The van der Waals surface area contributed by atoms with Crippen molar-refractivity contribution in [2.75, 3.05) is 40.3 Å². The summed E-state index contributed by atoms with van der Waals surface area (Å²) in [4.78, 5) is 116. The highest BCUT2D eigenvalue weighted by Crippen LogP contribution is 2.37. The smallest absolute Gasteiger partial charge is 0.247 e. The van der Waals surface area contributed by atoms with Gasteiger partial charge in [0.1, 0.15) is 36.3 Å². The third-order valence-corrected chi connectivity index (χ3v) is 18.7. The number of carbonyl (C=O) groups is 8. The molecule has 10 N–H and O–H groups in total. The van der Waals surface area contributed by atoms with Crippen molar-refractivity contribution in [2.24, 2.45) is 11.8 Å². The van der Waals surface area contributed by atoms with E-state index in [4.69, 9.17) is 0 Å². The van der Waals surface area contributed by atoms with Gasteiger partial charge in [0, 0.05) is 38.3 Å². The molecular formula is C71H102N12O8. The number of nitrogens with zero attached hydrogens (tertiary/aromatic N) is 2. The molecule has 20 nitrogen and oxygen atoms in total. The second-order valence-corrected chi connectivity index (χ2v) is 25.0. The van der Waals surface area contributed by atoms with Crippen LogP contribution < -0.4 is 53.2 Å². The molecular weight excluding hydrogens is 1150 g/mol. The Morgan fingerprint density at radius 2 is 0.956 bits per heavy atom. The Morgan fingerprint density at radius 3 is 1.42 bits per heavy atom. The molecule has 0 aromatic heterocycles. The van der Waals surface area contributed by atoms with Crippen molar-refractivity contribution < 1.29 is 38.4 Å². The normalized spacial score (nSPS) is 22.8. The van der Waals surface area contributed by atoms with Crippen LogP contribution in [0.2, 0.25) is 0 Å². The summed E-state index contributed by atoms with van der Waals surface area (Å²) in [6, 6.07) is 22.5. The van der Waals surface area contributed by atoms with Gasteiger partial charge >= 0.3 is 0 Å². The molecule has 3 aromatic carbocycles. The molecule has 0 spiro atoms. The summed E-state index contributed by atoms with van der Waals surface area (Å²) < 4.78 is 0.